The van der Waals surface area contributed by atoms with Crippen LogP contribution in [0.25, 0.3) is 11.1 Å². The summed E-state index contributed by atoms with van der Waals surface area (Å²) in [6.07, 6.45) is 1.14. The van der Waals surface area contributed by atoms with Gasteiger partial charge in [0, 0.05) is 11.8 Å². The van der Waals surface area contributed by atoms with Crippen molar-refractivity contribution in [3.8, 4) is 11.1 Å². The largest absolute Gasteiger partial charge is 0.346 e. The molecule has 0 fully saturated rings. The van der Waals surface area contributed by atoms with Crippen molar-refractivity contribution in [2.24, 2.45) is 0 Å². The Bertz CT molecular complexity index is 1090. The first-order valence-corrected chi connectivity index (χ1v) is 10.9. The highest BCUT2D eigenvalue weighted by atomic mass is 32.2. The van der Waals surface area contributed by atoms with Gasteiger partial charge in [-0.05, 0) is 48.2 Å². The van der Waals surface area contributed by atoms with Crippen LogP contribution in [0.15, 0.2) is 77.7 Å². The van der Waals surface area contributed by atoms with Crippen LogP contribution in [0.3, 0.4) is 0 Å². The van der Waals surface area contributed by atoms with Gasteiger partial charge in [0.15, 0.2) is 9.84 Å². The summed E-state index contributed by atoms with van der Waals surface area (Å²) >= 11 is 0. The summed E-state index contributed by atoms with van der Waals surface area (Å²) in [6, 6.07) is 22.5. The summed E-state index contributed by atoms with van der Waals surface area (Å²) in [5.41, 5.74) is 4.33. The topological polar surface area (TPSA) is 63.2 Å². The lowest BCUT2D eigenvalue weighted by Gasteiger charge is -2.16. The molecule has 3 aromatic rings. The molecule has 0 aliphatic heterocycles. The number of aryl methyl sites for hydroxylation is 1. The summed E-state index contributed by atoms with van der Waals surface area (Å²) < 4.78 is 23.6. The number of rotatable bonds is 5. The number of amides is 1. The molecule has 1 amide bonds. The number of benzene rings is 3. The van der Waals surface area contributed by atoms with Crippen LogP contribution in [-0.4, -0.2) is 20.6 Å². The first-order chi connectivity index (χ1) is 13.3. The van der Waals surface area contributed by atoms with Crippen LogP contribution < -0.4 is 5.32 Å². The minimum absolute atomic E-state index is 0.142. The van der Waals surface area contributed by atoms with Gasteiger partial charge in [0.1, 0.15) is 0 Å². The van der Waals surface area contributed by atoms with Crippen LogP contribution in [0.5, 0.6) is 0 Å². The fraction of sp³-hybridized carbons (Fsp3) is 0.174. The van der Waals surface area contributed by atoms with Gasteiger partial charge in [-0.2, -0.15) is 0 Å². The lowest BCUT2D eigenvalue weighted by molar-refractivity contribution is 0.0939. The van der Waals surface area contributed by atoms with E-state index < -0.39 is 9.84 Å². The highest BCUT2D eigenvalue weighted by molar-refractivity contribution is 7.90. The van der Waals surface area contributed by atoms with Crippen molar-refractivity contribution in [3.63, 3.8) is 0 Å². The number of hydrogen-bond donors (Lipinski definition) is 1. The van der Waals surface area contributed by atoms with E-state index in [2.05, 4.69) is 17.4 Å². The molecular formula is C23H23NO3S. The average molecular weight is 394 g/mol. The maximum atomic E-state index is 12.7. The second-order valence-corrected chi connectivity index (χ2v) is 8.95. The monoisotopic (exact) mass is 393 g/mol. The van der Waals surface area contributed by atoms with Gasteiger partial charge >= 0.3 is 0 Å². The molecular weight excluding hydrogens is 370 g/mol. The van der Waals surface area contributed by atoms with Gasteiger partial charge in [0.2, 0.25) is 0 Å². The number of nitrogens with one attached hydrogen (secondary N) is 1. The smallest absolute Gasteiger partial charge is 0.252 e. The zero-order valence-electron chi connectivity index (χ0n) is 16.1. The zero-order valence-corrected chi connectivity index (χ0v) is 17.0. The highest BCUT2D eigenvalue weighted by Crippen LogP contribution is 2.22. The fourth-order valence-corrected chi connectivity index (χ4v) is 3.68. The Morgan fingerprint density at radius 3 is 2.11 bits per heavy atom. The van der Waals surface area contributed by atoms with E-state index in [9.17, 15) is 13.2 Å². The van der Waals surface area contributed by atoms with Crippen molar-refractivity contribution in [2.45, 2.75) is 24.8 Å². The van der Waals surface area contributed by atoms with Gasteiger partial charge in [-0.1, -0.05) is 60.7 Å². The second-order valence-electron chi connectivity index (χ2n) is 6.93. The Balaban J connectivity index is 1.78. The third-order valence-electron chi connectivity index (χ3n) is 4.75. The number of carbonyl (C=O) groups excluding carboxylic acids is 1. The van der Waals surface area contributed by atoms with E-state index in [1.165, 1.54) is 12.1 Å². The van der Waals surface area contributed by atoms with Crippen molar-refractivity contribution in [3.05, 3.63) is 89.5 Å². The van der Waals surface area contributed by atoms with Gasteiger partial charge in [0.25, 0.3) is 5.91 Å². The standard InChI is InChI=1S/C23H23NO3S/c1-16-9-14-21(28(3,26)27)15-22(16)23(25)24-17(2)18-10-12-20(13-11-18)19-7-5-4-6-8-19/h4-15,17H,1-3H3,(H,24,25)/t17-/m0/s1. The SMILES string of the molecule is Cc1ccc(S(C)(=O)=O)cc1C(=O)N[C@@H](C)c1ccc(-c2ccccc2)cc1. The Hall–Kier alpha value is -2.92. The molecule has 0 unspecified atom stereocenters. The molecule has 1 atom stereocenters. The van der Waals surface area contributed by atoms with Crippen LogP contribution in [0.2, 0.25) is 0 Å². The van der Waals surface area contributed by atoms with E-state index >= 15 is 0 Å². The van der Waals surface area contributed by atoms with E-state index in [4.69, 9.17) is 0 Å². The molecule has 1 N–H and O–H groups in total. The van der Waals surface area contributed by atoms with E-state index in [1.54, 1.807) is 13.0 Å². The lowest BCUT2D eigenvalue weighted by Crippen LogP contribution is -2.27. The third-order valence-corrected chi connectivity index (χ3v) is 5.86. The number of hydrogen-bond acceptors (Lipinski definition) is 3. The van der Waals surface area contributed by atoms with E-state index in [-0.39, 0.29) is 16.8 Å². The lowest BCUT2D eigenvalue weighted by atomic mass is 10.0. The third kappa shape index (κ3) is 4.49. The van der Waals surface area contributed by atoms with Crippen molar-refractivity contribution < 1.29 is 13.2 Å². The maximum absolute atomic E-state index is 12.7. The zero-order chi connectivity index (χ0) is 20.3. The summed E-state index contributed by atoms with van der Waals surface area (Å²) in [4.78, 5) is 12.9. The van der Waals surface area contributed by atoms with E-state index in [0.29, 0.717) is 5.56 Å². The molecule has 3 aromatic carbocycles. The summed E-state index contributed by atoms with van der Waals surface area (Å²) in [6.45, 7) is 3.70. The molecule has 0 saturated carbocycles. The number of carbonyl (C=O) groups is 1. The molecule has 144 valence electrons. The first kappa shape index (κ1) is 19.8. The van der Waals surface area contributed by atoms with Crippen LogP contribution >= 0.6 is 0 Å². The molecule has 3 rings (SSSR count). The average Bonchev–Trinajstić information content (AvgIpc) is 2.68. The van der Waals surface area contributed by atoms with Crippen molar-refractivity contribution >= 4 is 15.7 Å². The van der Waals surface area contributed by atoms with E-state index in [1.807, 2.05) is 49.4 Å². The molecule has 0 aliphatic carbocycles. The first-order valence-electron chi connectivity index (χ1n) is 9.02. The van der Waals surface area contributed by atoms with Crippen molar-refractivity contribution in [2.75, 3.05) is 6.26 Å². The van der Waals surface area contributed by atoms with E-state index in [0.717, 1.165) is 28.5 Å². The van der Waals surface area contributed by atoms with Crippen LogP contribution in [0.4, 0.5) is 0 Å². The highest BCUT2D eigenvalue weighted by Gasteiger charge is 2.17. The van der Waals surface area contributed by atoms with Crippen LogP contribution in [-0.2, 0) is 9.84 Å². The van der Waals surface area contributed by atoms with Crippen LogP contribution in [0.1, 0.15) is 34.5 Å². The Labute approximate surface area is 166 Å². The summed E-state index contributed by atoms with van der Waals surface area (Å²) in [7, 11) is -3.37. The van der Waals surface area contributed by atoms with Gasteiger partial charge in [-0.15, -0.1) is 0 Å². The van der Waals surface area contributed by atoms with Gasteiger partial charge in [-0.3, -0.25) is 4.79 Å². The van der Waals surface area contributed by atoms with Gasteiger partial charge in [0.05, 0.1) is 10.9 Å². The minimum atomic E-state index is -3.37. The fourth-order valence-electron chi connectivity index (χ4n) is 3.03. The molecule has 0 aliphatic rings. The maximum Gasteiger partial charge on any atom is 0.252 e. The van der Waals surface area contributed by atoms with Crippen molar-refractivity contribution in [1.82, 2.24) is 5.32 Å². The molecule has 28 heavy (non-hydrogen) atoms. The van der Waals surface area contributed by atoms with Gasteiger partial charge in [-0.25, -0.2) is 8.42 Å². The Morgan fingerprint density at radius 2 is 1.50 bits per heavy atom. The molecule has 0 radical (unpaired) electrons. The molecule has 0 aromatic heterocycles. The predicted molar refractivity (Wildman–Crippen MR) is 112 cm³/mol. The van der Waals surface area contributed by atoms with Gasteiger partial charge < -0.3 is 5.32 Å². The Morgan fingerprint density at radius 1 is 0.893 bits per heavy atom. The minimum Gasteiger partial charge on any atom is -0.346 e. The quantitative estimate of drug-likeness (QED) is 0.691. The molecule has 0 bridgehead atoms. The van der Waals surface area contributed by atoms with Crippen LogP contribution in [0, 0.1) is 6.92 Å². The second kappa shape index (κ2) is 7.98. The molecule has 0 spiro atoms. The summed E-state index contributed by atoms with van der Waals surface area (Å²) in [5.74, 6) is -0.289. The normalized spacial score (nSPS) is 12.4. The molecule has 4 nitrogen and oxygen atoms in total. The molecule has 5 heteroatoms. The van der Waals surface area contributed by atoms with Crippen molar-refractivity contribution in [1.29, 1.82) is 0 Å². The predicted octanol–water partition coefficient (Wildman–Crippen LogP) is 4.56. The molecule has 0 saturated heterocycles. The molecule has 0 heterocycles. The summed E-state index contributed by atoms with van der Waals surface area (Å²) in [5, 5.41) is 2.96. The Kier molecular flexibility index (Phi) is 5.66. The number of sulfone groups is 1.